The number of hydrogen-bond donors (Lipinski definition) is 2. The standard InChI is InChI=1S/C16H13N6O2/c1-21-15-5-3-2-4-13(15)18-16(21)14(10-17)20-19-11-6-8-12(9-7-11)22(23)24/h2-9,19-20H,1H3/q-1. The minimum absolute atomic E-state index is 0.000358. The Hall–Kier alpha value is -3.64. The first kappa shape index (κ1) is 15.3. The molecule has 0 aliphatic carbocycles. The van der Waals surface area contributed by atoms with Crippen molar-refractivity contribution in [3.63, 3.8) is 0 Å². The van der Waals surface area contributed by atoms with Crippen LogP contribution in [0.25, 0.3) is 22.1 Å². The normalized spacial score (nSPS) is 10.2. The van der Waals surface area contributed by atoms with Crippen LogP contribution in [0.4, 0.5) is 11.4 Å². The minimum Gasteiger partial charge on any atom is -0.761 e. The average molecular weight is 321 g/mol. The van der Waals surface area contributed by atoms with E-state index in [1.54, 1.807) is 12.1 Å². The fourth-order valence-electron chi connectivity index (χ4n) is 2.30. The van der Waals surface area contributed by atoms with Gasteiger partial charge in [0.05, 0.1) is 21.6 Å². The van der Waals surface area contributed by atoms with Crippen molar-refractivity contribution in [1.29, 1.82) is 0 Å². The summed E-state index contributed by atoms with van der Waals surface area (Å²) >= 11 is 0. The van der Waals surface area contributed by atoms with E-state index in [1.165, 1.54) is 12.1 Å². The van der Waals surface area contributed by atoms with E-state index in [9.17, 15) is 15.5 Å². The molecule has 3 rings (SSSR count). The van der Waals surface area contributed by atoms with Gasteiger partial charge in [-0.3, -0.25) is 15.5 Å². The first-order valence-electron chi connectivity index (χ1n) is 7.05. The van der Waals surface area contributed by atoms with Gasteiger partial charge in [0.15, 0.2) is 5.82 Å². The average Bonchev–Trinajstić information content (AvgIpc) is 2.93. The van der Waals surface area contributed by atoms with Crippen LogP contribution < -0.4 is 10.9 Å². The molecule has 120 valence electrons. The number of nitro groups is 1. The topological polar surface area (TPSA) is 107 Å². The summed E-state index contributed by atoms with van der Waals surface area (Å²) in [4.78, 5) is 14.6. The zero-order valence-electron chi connectivity index (χ0n) is 12.7. The van der Waals surface area contributed by atoms with Crippen molar-refractivity contribution in [3.05, 3.63) is 69.9 Å². The van der Waals surface area contributed by atoms with Gasteiger partial charge in [0, 0.05) is 19.2 Å². The van der Waals surface area contributed by atoms with Crippen LogP contribution in [0.1, 0.15) is 5.82 Å². The molecule has 0 atom stereocenters. The Morgan fingerprint density at radius 1 is 1.25 bits per heavy atom. The van der Waals surface area contributed by atoms with Crippen LogP contribution in [0.2, 0.25) is 0 Å². The molecule has 0 unspecified atom stereocenters. The number of nitrogens with zero attached hydrogens (tertiary/aromatic N) is 4. The van der Waals surface area contributed by atoms with Crippen molar-refractivity contribution < 1.29 is 4.92 Å². The summed E-state index contributed by atoms with van der Waals surface area (Å²) in [5.74, 6) is 2.57. The first-order valence-corrected chi connectivity index (χ1v) is 7.05. The monoisotopic (exact) mass is 321 g/mol. The maximum absolute atomic E-state index is 10.6. The predicted molar refractivity (Wildman–Crippen MR) is 92.3 cm³/mol. The van der Waals surface area contributed by atoms with Crippen LogP contribution in [0, 0.1) is 10.1 Å². The Balaban J connectivity index is 1.81. The molecule has 0 aliphatic rings. The molecule has 2 aromatic carbocycles. The van der Waals surface area contributed by atoms with E-state index in [2.05, 4.69) is 21.7 Å². The number of hydrogen-bond acceptors (Lipinski definition) is 5. The van der Waals surface area contributed by atoms with Crippen LogP contribution in [0.5, 0.6) is 0 Å². The molecule has 24 heavy (non-hydrogen) atoms. The molecule has 0 radical (unpaired) electrons. The third-order valence-electron chi connectivity index (χ3n) is 3.53. The number of nitrogens with one attached hydrogen (secondary N) is 2. The van der Waals surface area contributed by atoms with Gasteiger partial charge in [0.1, 0.15) is 5.70 Å². The fraction of sp³-hybridized carbons (Fsp3) is 0.0625. The van der Waals surface area contributed by atoms with Gasteiger partial charge in [-0.05, 0) is 24.3 Å². The van der Waals surface area contributed by atoms with Gasteiger partial charge in [-0.2, -0.15) is 0 Å². The van der Waals surface area contributed by atoms with E-state index >= 15 is 0 Å². The molecular weight excluding hydrogens is 308 g/mol. The van der Waals surface area contributed by atoms with E-state index in [-0.39, 0.29) is 11.4 Å². The molecule has 2 N–H and O–H groups in total. The summed E-state index contributed by atoms with van der Waals surface area (Å²) in [6, 6.07) is 13.4. The Kier molecular flexibility index (Phi) is 3.96. The number of aromatic nitrogens is 2. The molecule has 1 heterocycles. The Labute approximate surface area is 137 Å². The number of aryl methyl sites for hydroxylation is 1. The lowest BCUT2D eigenvalue weighted by Gasteiger charge is -2.12. The van der Waals surface area contributed by atoms with Gasteiger partial charge < -0.3 is 15.4 Å². The molecule has 0 saturated heterocycles. The highest BCUT2D eigenvalue weighted by molar-refractivity contribution is 5.91. The molecule has 0 aliphatic heterocycles. The lowest BCUT2D eigenvalue weighted by Crippen LogP contribution is -2.22. The Bertz CT molecular complexity index is 954. The SMILES string of the molecule is Cn1c(C(=C=[N-])NNc2ccc([N+](=O)[O-])cc2)nc2ccccc21. The van der Waals surface area contributed by atoms with Crippen molar-refractivity contribution in [3.8, 4) is 0 Å². The van der Waals surface area contributed by atoms with Crippen LogP contribution in [0.15, 0.2) is 48.5 Å². The van der Waals surface area contributed by atoms with Crippen molar-refractivity contribution in [2.24, 2.45) is 7.05 Å². The van der Waals surface area contributed by atoms with Crippen molar-refractivity contribution in [2.45, 2.75) is 0 Å². The number of fused-ring (bicyclic) bond motifs is 1. The van der Waals surface area contributed by atoms with Crippen molar-refractivity contribution in [2.75, 3.05) is 5.43 Å². The summed E-state index contributed by atoms with van der Waals surface area (Å²) in [6.45, 7) is 0. The van der Waals surface area contributed by atoms with E-state index in [0.29, 0.717) is 11.5 Å². The second kappa shape index (κ2) is 6.23. The van der Waals surface area contributed by atoms with Gasteiger partial charge in [-0.15, -0.1) is 0 Å². The number of imidazole rings is 1. The number of hydrazine groups is 1. The van der Waals surface area contributed by atoms with Gasteiger partial charge >= 0.3 is 0 Å². The number of para-hydroxylation sites is 2. The molecule has 0 saturated carbocycles. The minimum atomic E-state index is -0.469. The van der Waals surface area contributed by atoms with Crippen LogP contribution in [-0.4, -0.2) is 20.3 Å². The largest absolute Gasteiger partial charge is 0.761 e. The third kappa shape index (κ3) is 2.81. The summed E-state index contributed by atoms with van der Waals surface area (Å²) in [5, 5.41) is 20.0. The van der Waals surface area contributed by atoms with Gasteiger partial charge in [0.25, 0.3) is 5.69 Å². The highest BCUT2D eigenvalue weighted by Gasteiger charge is 2.11. The lowest BCUT2D eigenvalue weighted by atomic mass is 10.3. The van der Waals surface area contributed by atoms with E-state index in [4.69, 9.17) is 0 Å². The summed E-state index contributed by atoms with van der Waals surface area (Å²) in [7, 11) is 1.83. The lowest BCUT2D eigenvalue weighted by molar-refractivity contribution is -0.384. The Morgan fingerprint density at radius 2 is 1.96 bits per heavy atom. The number of anilines is 1. The predicted octanol–water partition coefficient (Wildman–Crippen LogP) is 2.68. The van der Waals surface area contributed by atoms with Gasteiger partial charge in [-0.25, -0.2) is 10.9 Å². The molecule has 8 nitrogen and oxygen atoms in total. The van der Waals surface area contributed by atoms with Crippen LogP contribution in [-0.2, 0) is 7.05 Å². The summed E-state index contributed by atoms with van der Waals surface area (Å²) in [5.41, 5.74) is 8.19. The molecule has 0 fully saturated rings. The summed E-state index contributed by atoms with van der Waals surface area (Å²) in [6.07, 6.45) is 0. The van der Waals surface area contributed by atoms with Crippen LogP contribution >= 0.6 is 0 Å². The number of benzene rings is 2. The molecule has 1 aromatic heterocycles. The van der Waals surface area contributed by atoms with Crippen molar-refractivity contribution >= 4 is 34.0 Å². The second-order valence-electron chi connectivity index (χ2n) is 5.02. The maximum atomic E-state index is 10.6. The fourth-order valence-corrected chi connectivity index (χ4v) is 2.30. The zero-order valence-corrected chi connectivity index (χ0v) is 12.7. The quantitative estimate of drug-likeness (QED) is 0.427. The van der Waals surface area contributed by atoms with Crippen molar-refractivity contribution in [1.82, 2.24) is 15.0 Å². The molecular formula is C16H13N6O2-. The van der Waals surface area contributed by atoms with Crippen LogP contribution in [0.3, 0.4) is 0 Å². The molecule has 0 amide bonds. The number of rotatable bonds is 5. The highest BCUT2D eigenvalue weighted by atomic mass is 16.6. The second-order valence-corrected chi connectivity index (χ2v) is 5.02. The highest BCUT2D eigenvalue weighted by Crippen LogP contribution is 2.18. The number of nitro benzene ring substituents is 1. The van der Waals surface area contributed by atoms with E-state index in [1.807, 2.05) is 35.9 Å². The van der Waals surface area contributed by atoms with Gasteiger partial charge in [-0.1, -0.05) is 12.1 Å². The Morgan fingerprint density at radius 3 is 2.58 bits per heavy atom. The van der Waals surface area contributed by atoms with E-state index in [0.717, 1.165) is 11.0 Å². The zero-order chi connectivity index (χ0) is 17.1. The summed E-state index contributed by atoms with van der Waals surface area (Å²) < 4.78 is 1.82. The molecule has 3 aromatic rings. The van der Waals surface area contributed by atoms with Gasteiger partial charge in [0.2, 0.25) is 0 Å². The molecule has 8 heteroatoms. The molecule has 0 bridgehead atoms. The molecule has 0 spiro atoms. The smallest absolute Gasteiger partial charge is 0.269 e. The third-order valence-corrected chi connectivity index (χ3v) is 3.53. The van der Waals surface area contributed by atoms with E-state index < -0.39 is 4.92 Å². The maximum Gasteiger partial charge on any atom is 0.269 e. The first-order chi connectivity index (χ1) is 11.6. The number of non-ortho nitro benzene ring substituents is 1.